The Kier molecular flexibility index (Phi) is 6.56. The van der Waals surface area contributed by atoms with Crippen molar-refractivity contribution in [1.29, 1.82) is 0 Å². The summed E-state index contributed by atoms with van der Waals surface area (Å²) >= 11 is 0. The minimum atomic E-state index is -0.262. The maximum absolute atomic E-state index is 13.9. The minimum Gasteiger partial charge on any atom is -0.341 e. The SMILES string of the molecule is CN(C(=O)CCc1ccccc1F)[C@@H]1CCCN(Cc2ccccc2F)C1. The number of rotatable bonds is 6. The number of likely N-dealkylation sites (tertiary alicyclic amines) is 1. The molecule has 2 aromatic carbocycles. The molecule has 0 bridgehead atoms. The molecule has 0 unspecified atom stereocenters. The first-order valence-corrected chi connectivity index (χ1v) is 9.49. The Balaban J connectivity index is 1.54. The van der Waals surface area contributed by atoms with Crippen LogP contribution in [0.4, 0.5) is 8.78 Å². The molecular formula is C22H26F2N2O. The summed E-state index contributed by atoms with van der Waals surface area (Å²) in [7, 11) is 1.82. The van der Waals surface area contributed by atoms with E-state index in [1.165, 1.54) is 12.1 Å². The fourth-order valence-corrected chi connectivity index (χ4v) is 3.68. The van der Waals surface area contributed by atoms with Crippen LogP contribution >= 0.6 is 0 Å². The van der Waals surface area contributed by atoms with Gasteiger partial charge in [-0.05, 0) is 43.5 Å². The number of hydrogen-bond donors (Lipinski definition) is 0. The summed E-state index contributed by atoms with van der Waals surface area (Å²) in [6, 6.07) is 13.5. The van der Waals surface area contributed by atoms with Crippen LogP contribution in [-0.2, 0) is 17.8 Å². The van der Waals surface area contributed by atoms with Crippen molar-refractivity contribution in [1.82, 2.24) is 9.80 Å². The van der Waals surface area contributed by atoms with E-state index < -0.39 is 0 Å². The zero-order chi connectivity index (χ0) is 19.2. The van der Waals surface area contributed by atoms with Crippen LogP contribution in [0.2, 0.25) is 0 Å². The van der Waals surface area contributed by atoms with Crippen LogP contribution in [0.1, 0.15) is 30.4 Å². The van der Waals surface area contributed by atoms with Crippen molar-refractivity contribution in [2.24, 2.45) is 0 Å². The highest BCUT2D eigenvalue weighted by Crippen LogP contribution is 2.19. The standard InChI is InChI=1S/C22H26F2N2O/c1-25(22(27)13-12-17-7-2-4-10-20(17)23)19-9-6-14-26(16-19)15-18-8-3-5-11-21(18)24/h2-5,7-8,10-11,19H,6,9,12-16H2,1H3/t19-/m1/s1. The summed E-state index contributed by atoms with van der Waals surface area (Å²) in [5.41, 5.74) is 1.26. The summed E-state index contributed by atoms with van der Waals surface area (Å²) in [6.07, 6.45) is 2.61. The molecule has 0 saturated carbocycles. The predicted molar refractivity (Wildman–Crippen MR) is 102 cm³/mol. The number of carbonyl (C=O) groups is 1. The van der Waals surface area contributed by atoms with Gasteiger partial charge >= 0.3 is 0 Å². The van der Waals surface area contributed by atoms with Crippen molar-refractivity contribution in [2.75, 3.05) is 20.1 Å². The van der Waals surface area contributed by atoms with Gasteiger partial charge in [0, 0.05) is 38.2 Å². The first kappa shape index (κ1) is 19.5. The van der Waals surface area contributed by atoms with E-state index in [-0.39, 0.29) is 23.6 Å². The maximum atomic E-state index is 13.9. The van der Waals surface area contributed by atoms with Gasteiger partial charge in [-0.15, -0.1) is 0 Å². The fraction of sp³-hybridized carbons (Fsp3) is 0.409. The monoisotopic (exact) mass is 372 g/mol. The second kappa shape index (κ2) is 9.09. The van der Waals surface area contributed by atoms with Gasteiger partial charge in [0.15, 0.2) is 0 Å². The highest BCUT2D eigenvalue weighted by Gasteiger charge is 2.26. The van der Waals surface area contributed by atoms with Crippen LogP contribution < -0.4 is 0 Å². The quantitative estimate of drug-likeness (QED) is 0.765. The second-order valence-electron chi connectivity index (χ2n) is 7.22. The topological polar surface area (TPSA) is 23.6 Å². The molecule has 1 saturated heterocycles. The Morgan fingerprint density at radius 3 is 2.37 bits per heavy atom. The predicted octanol–water partition coefficient (Wildman–Crippen LogP) is 4.02. The van der Waals surface area contributed by atoms with Crippen molar-refractivity contribution in [3.8, 4) is 0 Å². The molecular weight excluding hydrogens is 346 g/mol. The molecule has 1 atom stereocenters. The lowest BCUT2D eigenvalue weighted by Crippen LogP contribution is -2.48. The third kappa shape index (κ3) is 5.13. The first-order valence-electron chi connectivity index (χ1n) is 9.49. The Morgan fingerprint density at radius 2 is 1.70 bits per heavy atom. The largest absolute Gasteiger partial charge is 0.341 e. The smallest absolute Gasteiger partial charge is 0.222 e. The second-order valence-corrected chi connectivity index (χ2v) is 7.22. The number of benzene rings is 2. The van der Waals surface area contributed by atoms with Crippen molar-refractivity contribution in [2.45, 2.75) is 38.3 Å². The molecule has 0 N–H and O–H groups in total. The number of nitrogens with zero attached hydrogens (tertiary/aromatic N) is 2. The van der Waals surface area contributed by atoms with Crippen LogP contribution in [-0.4, -0.2) is 41.9 Å². The molecule has 1 fully saturated rings. The molecule has 5 heteroatoms. The number of piperidine rings is 1. The molecule has 1 heterocycles. The normalized spacial score (nSPS) is 17.7. The van der Waals surface area contributed by atoms with Crippen LogP contribution in [0, 0.1) is 11.6 Å². The van der Waals surface area contributed by atoms with E-state index in [1.807, 2.05) is 19.2 Å². The van der Waals surface area contributed by atoms with E-state index in [1.54, 1.807) is 29.2 Å². The lowest BCUT2D eigenvalue weighted by molar-refractivity contribution is -0.133. The van der Waals surface area contributed by atoms with E-state index in [4.69, 9.17) is 0 Å². The van der Waals surface area contributed by atoms with Crippen LogP contribution in [0.25, 0.3) is 0 Å². The van der Waals surface area contributed by atoms with Gasteiger partial charge in [-0.1, -0.05) is 36.4 Å². The zero-order valence-corrected chi connectivity index (χ0v) is 15.7. The number of hydrogen-bond acceptors (Lipinski definition) is 2. The molecule has 3 rings (SSSR count). The third-order valence-electron chi connectivity index (χ3n) is 5.34. The van der Waals surface area contributed by atoms with Gasteiger partial charge in [-0.3, -0.25) is 9.69 Å². The lowest BCUT2D eigenvalue weighted by Gasteiger charge is -2.37. The highest BCUT2D eigenvalue weighted by atomic mass is 19.1. The number of halogens is 2. The van der Waals surface area contributed by atoms with Crippen LogP contribution in [0.5, 0.6) is 0 Å². The van der Waals surface area contributed by atoms with Gasteiger partial charge in [-0.2, -0.15) is 0 Å². The molecule has 1 aliphatic rings. The summed E-state index contributed by atoms with van der Waals surface area (Å²) in [6.45, 7) is 2.19. The van der Waals surface area contributed by atoms with Gasteiger partial charge < -0.3 is 4.90 Å². The number of aryl methyl sites for hydroxylation is 1. The molecule has 0 radical (unpaired) electrons. The molecule has 144 valence electrons. The van der Waals surface area contributed by atoms with Gasteiger partial charge in [0.2, 0.25) is 5.91 Å². The van der Waals surface area contributed by atoms with Crippen molar-refractivity contribution >= 4 is 5.91 Å². The lowest BCUT2D eigenvalue weighted by atomic mass is 10.0. The zero-order valence-electron chi connectivity index (χ0n) is 15.7. The molecule has 1 aliphatic heterocycles. The molecule has 3 nitrogen and oxygen atoms in total. The maximum Gasteiger partial charge on any atom is 0.222 e. The Hall–Kier alpha value is -2.27. The van der Waals surface area contributed by atoms with Crippen LogP contribution in [0.15, 0.2) is 48.5 Å². The van der Waals surface area contributed by atoms with E-state index in [9.17, 15) is 13.6 Å². The van der Waals surface area contributed by atoms with E-state index in [0.717, 1.165) is 25.9 Å². The number of carbonyl (C=O) groups excluding carboxylic acids is 1. The minimum absolute atomic E-state index is 0.0241. The summed E-state index contributed by atoms with van der Waals surface area (Å²) in [5.74, 6) is -0.424. The van der Waals surface area contributed by atoms with Gasteiger partial charge in [0.25, 0.3) is 0 Å². The molecule has 2 aromatic rings. The number of likely N-dealkylation sites (N-methyl/N-ethyl adjacent to an activating group) is 1. The summed E-state index contributed by atoms with van der Waals surface area (Å²) in [5, 5.41) is 0. The summed E-state index contributed by atoms with van der Waals surface area (Å²) < 4.78 is 27.6. The van der Waals surface area contributed by atoms with Gasteiger partial charge in [0.1, 0.15) is 11.6 Å². The third-order valence-corrected chi connectivity index (χ3v) is 5.34. The molecule has 0 aliphatic carbocycles. The highest BCUT2D eigenvalue weighted by molar-refractivity contribution is 5.76. The van der Waals surface area contributed by atoms with E-state index in [0.29, 0.717) is 30.5 Å². The fourth-order valence-electron chi connectivity index (χ4n) is 3.68. The van der Waals surface area contributed by atoms with Crippen molar-refractivity contribution < 1.29 is 13.6 Å². The van der Waals surface area contributed by atoms with Crippen molar-refractivity contribution in [3.63, 3.8) is 0 Å². The first-order chi connectivity index (χ1) is 13.0. The number of amides is 1. The Bertz CT molecular complexity index is 780. The molecule has 27 heavy (non-hydrogen) atoms. The average Bonchev–Trinajstić information content (AvgIpc) is 2.68. The molecule has 0 aromatic heterocycles. The van der Waals surface area contributed by atoms with Crippen LogP contribution in [0.3, 0.4) is 0 Å². The Labute approximate surface area is 159 Å². The van der Waals surface area contributed by atoms with Gasteiger partial charge in [-0.25, -0.2) is 8.78 Å². The van der Waals surface area contributed by atoms with Gasteiger partial charge in [0.05, 0.1) is 0 Å². The summed E-state index contributed by atoms with van der Waals surface area (Å²) in [4.78, 5) is 16.6. The molecule has 0 spiro atoms. The Morgan fingerprint density at radius 1 is 1.07 bits per heavy atom. The average molecular weight is 372 g/mol. The molecule has 1 amide bonds. The van der Waals surface area contributed by atoms with E-state index in [2.05, 4.69) is 4.90 Å². The van der Waals surface area contributed by atoms with Crippen molar-refractivity contribution in [3.05, 3.63) is 71.3 Å². The van der Waals surface area contributed by atoms with E-state index >= 15 is 0 Å².